The van der Waals surface area contributed by atoms with Crippen molar-refractivity contribution < 1.29 is 13.9 Å². The van der Waals surface area contributed by atoms with E-state index in [0.717, 1.165) is 30.4 Å². The van der Waals surface area contributed by atoms with Gasteiger partial charge in [0.25, 0.3) is 5.91 Å². The van der Waals surface area contributed by atoms with E-state index in [-0.39, 0.29) is 5.91 Å². The van der Waals surface area contributed by atoms with Crippen LogP contribution in [0.1, 0.15) is 23.0 Å². The van der Waals surface area contributed by atoms with Crippen molar-refractivity contribution in [1.82, 2.24) is 15.1 Å². The Bertz CT molecular complexity index is 765. The molecular weight excluding hydrogens is 344 g/mol. The summed E-state index contributed by atoms with van der Waals surface area (Å²) in [6.07, 6.45) is 1.52. The van der Waals surface area contributed by atoms with Crippen molar-refractivity contribution in [2.45, 2.75) is 13.5 Å². The number of nitrogens with zero attached hydrogens (tertiary/aromatic N) is 3. The van der Waals surface area contributed by atoms with Crippen LogP contribution in [0.4, 0.5) is 0 Å². The fourth-order valence-electron chi connectivity index (χ4n) is 3.10. The number of nitrogens with one attached hydrogen (secondary N) is 1. The molecule has 27 heavy (non-hydrogen) atoms. The van der Waals surface area contributed by atoms with Crippen molar-refractivity contribution in [3.63, 3.8) is 0 Å². The predicted molar refractivity (Wildman–Crippen MR) is 104 cm³/mol. The van der Waals surface area contributed by atoms with Gasteiger partial charge in [-0.05, 0) is 36.8 Å². The predicted octanol–water partition coefficient (Wildman–Crippen LogP) is 2.21. The van der Waals surface area contributed by atoms with Crippen LogP contribution in [0.15, 0.2) is 52.1 Å². The van der Waals surface area contributed by atoms with E-state index in [9.17, 15) is 4.79 Å². The van der Waals surface area contributed by atoms with Gasteiger partial charge < -0.3 is 24.3 Å². The van der Waals surface area contributed by atoms with Gasteiger partial charge in [-0.25, -0.2) is 0 Å². The lowest BCUT2D eigenvalue weighted by molar-refractivity contribution is 0.0657. The topological polar surface area (TPSA) is 70.3 Å². The molecule has 1 amide bonds. The van der Waals surface area contributed by atoms with Crippen LogP contribution in [-0.2, 0) is 6.54 Å². The quantitative estimate of drug-likeness (QED) is 0.645. The summed E-state index contributed by atoms with van der Waals surface area (Å²) in [7, 11) is 1.78. The van der Waals surface area contributed by atoms with Gasteiger partial charge in [0.05, 0.1) is 12.9 Å². The van der Waals surface area contributed by atoms with Gasteiger partial charge in [0.2, 0.25) is 0 Å². The van der Waals surface area contributed by atoms with Crippen LogP contribution in [0, 0.1) is 0 Å². The molecule has 0 aliphatic carbocycles. The van der Waals surface area contributed by atoms with E-state index < -0.39 is 0 Å². The van der Waals surface area contributed by atoms with Crippen molar-refractivity contribution in [2.75, 3.05) is 39.8 Å². The summed E-state index contributed by atoms with van der Waals surface area (Å²) < 4.78 is 10.8. The monoisotopic (exact) mass is 370 g/mol. The largest absolute Gasteiger partial charge is 0.494 e. The Morgan fingerprint density at radius 2 is 1.96 bits per heavy atom. The number of ether oxygens (including phenoxy) is 1. The first-order chi connectivity index (χ1) is 13.2. The van der Waals surface area contributed by atoms with E-state index in [1.165, 1.54) is 6.26 Å². The zero-order valence-corrected chi connectivity index (χ0v) is 15.9. The third kappa shape index (κ3) is 4.81. The van der Waals surface area contributed by atoms with Crippen LogP contribution in [0.2, 0.25) is 0 Å². The Labute approximate surface area is 159 Å². The van der Waals surface area contributed by atoms with E-state index >= 15 is 0 Å². The minimum absolute atomic E-state index is 0.0599. The number of carbonyl (C=O) groups excluding carboxylic acids is 1. The Morgan fingerprint density at radius 1 is 1.19 bits per heavy atom. The number of benzene rings is 1. The summed E-state index contributed by atoms with van der Waals surface area (Å²) in [4.78, 5) is 20.7. The molecule has 0 spiro atoms. The summed E-state index contributed by atoms with van der Waals surface area (Å²) in [5, 5.41) is 3.39. The number of amides is 1. The van der Waals surface area contributed by atoms with E-state index in [4.69, 9.17) is 9.15 Å². The van der Waals surface area contributed by atoms with Gasteiger partial charge in [-0.15, -0.1) is 0 Å². The van der Waals surface area contributed by atoms with Gasteiger partial charge in [-0.1, -0.05) is 12.1 Å². The van der Waals surface area contributed by atoms with Crippen molar-refractivity contribution in [1.29, 1.82) is 0 Å². The maximum absolute atomic E-state index is 12.4. The molecule has 3 rings (SSSR count). The lowest BCUT2D eigenvalue weighted by Crippen LogP contribution is -2.53. The Hall–Kier alpha value is -2.96. The lowest BCUT2D eigenvalue weighted by Gasteiger charge is -2.36. The summed E-state index contributed by atoms with van der Waals surface area (Å²) in [6, 6.07) is 11.5. The van der Waals surface area contributed by atoms with Crippen LogP contribution >= 0.6 is 0 Å². The highest BCUT2D eigenvalue weighted by atomic mass is 16.5. The standard InChI is InChI=1S/C20H26N4O3/c1-3-26-17-7-4-6-16(14-17)15-22-20(21-2)24-11-9-23(10-12-24)19(25)18-8-5-13-27-18/h4-8,13-14H,3,9-12,15H2,1-2H3,(H,21,22). The Kier molecular flexibility index (Phi) is 6.35. The molecular formula is C20H26N4O3. The minimum Gasteiger partial charge on any atom is -0.494 e. The molecule has 1 fully saturated rings. The third-order valence-electron chi connectivity index (χ3n) is 4.47. The number of guanidine groups is 1. The van der Waals surface area contributed by atoms with Crippen LogP contribution in [0.3, 0.4) is 0 Å². The number of hydrogen-bond donors (Lipinski definition) is 1. The molecule has 0 radical (unpaired) electrons. The molecule has 1 aliphatic heterocycles. The average Bonchev–Trinajstić information content (AvgIpc) is 3.24. The highest BCUT2D eigenvalue weighted by molar-refractivity contribution is 5.91. The van der Waals surface area contributed by atoms with Gasteiger partial charge in [0.1, 0.15) is 5.75 Å². The molecule has 0 saturated carbocycles. The first-order valence-corrected chi connectivity index (χ1v) is 9.21. The van der Waals surface area contributed by atoms with Gasteiger partial charge in [-0.3, -0.25) is 9.79 Å². The second kappa shape index (κ2) is 9.12. The molecule has 144 valence electrons. The lowest BCUT2D eigenvalue weighted by atomic mass is 10.2. The fourth-order valence-corrected chi connectivity index (χ4v) is 3.10. The molecule has 7 heteroatoms. The number of aliphatic imine (C=N–C) groups is 1. The maximum Gasteiger partial charge on any atom is 0.289 e. The molecule has 1 aromatic heterocycles. The van der Waals surface area contributed by atoms with E-state index in [2.05, 4.69) is 21.3 Å². The molecule has 1 aromatic carbocycles. The van der Waals surface area contributed by atoms with Gasteiger partial charge in [-0.2, -0.15) is 0 Å². The number of rotatable bonds is 5. The van der Waals surface area contributed by atoms with Crippen molar-refractivity contribution in [3.8, 4) is 5.75 Å². The number of piperazine rings is 1. The average molecular weight is 370 g/mol. The number of furan rings is 1. The molecule has 2 heterocycles. The molecule has 1 N–H and O–H groups in total. The van der Waals surface area contributed by atoms with Gasteiger partial charge in [0.15, 0.2) is 11.7 Å². The number of hydrogen-bond acceptors (Lipinski definition) is 4. The zero-order valence-electron chi connectivity index (χ0n) is 15.9. The van der Waals surface area contributed by atoms with Crippen molar-refractivity contribution >= 4 is 11.9 Å². The molecule has 1 saturated heterocycles. The van der Waals surface area contributed by atoms with Crippen LogP contribution < -0.4 is 10.1 Å². The highest BCUT2D eigenvalue weighted by Gasteiger charge is 2.25. The first kappa shape index (κ1) is 18.8. The molecule has 1 aliphatic rings. The van der Waals surface area contributed by atoms with Crippen LogP contribution in [0.5, 0.6) is 5.75 Å². The maximum atomic E-state index is 12.4. The Morgan fingerprint density at radius 3 is 2.63 bits per heavy atom. The van der Waals surface area contributed by atoms with E-state index in [0.29, 0.717) is 32.0 Å². The van der Waals surface area contributed by atoms with E-state index in [1.807, 2.05) is 30.0 Å². The Balaban J connectivity index is 1.52. The van der Waals surface area contributed by atoms with Crippen LogP contribution in [0.25, 0.3) is 0 Å². The normalized spacial score (nSPS) is 15.0. The first-order valence-electron chi connectivity index (χ1n) is 9.21. The summed E-state index contributed by atoms with van der Waals surface area (Å²) >= 11 is 0. The molecule has 0 bridgehead atoms. The van der Waals surface area contributed by atoms with Gasteiger partial charge in [0, 0.05) is 39.8 Å². The molecule has 0 atom stereocenters. The van der Waals surface area contributed by atoms with Crippen molar-refractivity contribution in [3.05, 3.63) is 54.0 Å². The molecule has 7 nitrogen and oxygen atoms in total. The third-order valence-corrected chi connectivity index (χ3v) is 4.47. The fraction of sp³-hybridized carbons (Fsp3) is 0.400. The SMILES string of the molecule is CCOc1cccc(CNC(=NC)N2CCN(C(=O)c3ccco3)CC2)c1. The second-order valence-electron chi connectivity index (χ2n) is 6.24. The summed E-state index contributed by atoms with van der Waals surface area (Å²) in [5.74, 6) is 2.04. The smallest absolute Gasteiger partial charge is 0.289 e. The molecule has 0 unspecified atom stereocenters. The van der Waals surface area contributed by atoms with Crippen molar-refractivity contribution in [2.24, 2.45) is 4.99 Å². The number of carbonyl (C=O) groups is 1. The molecule has 2 aromatic rings. The van der Waals surface area contributed by atoms with Gasteiger partial charge >= 0.3 is 0 Å². The highest BCUT2D eigenvalue weighted by Crippen LogP contribution is 2.13. The zero-order chi connectivity index (χ0) is 19.1. The second-order valence-corrected chi connectivity index (χ2v) is 6.24. The summed E-state index contributed by atoms with van der Waals surface area (Å²) in [5.41, 5.74) is 1.13. The minimum atomic E-state index is -0.0599. The summed E-state index contributed by atoms with van der Waals surface area (Å²) in [6.45, 7) is 6.03. The van der Waals surface area contributed by atoms with E-state index in [1.54, 1.807) is 19.2 Å². The van der Waals surface area contributed by atoms with Crippen LogP contribution in [-0.4, -0.2) is 61.5 Å².